The second-order valence-electron chi connectivity index (χ2n) is 9.10. The number of imide groups is 1. The van der Waals surface area contributed by atoms with Gasteiger partial charge < -0.3 is 10.2 Å². The Morgan fingerprint density at radius 2 is 1.59 bits per heavy atom. The lowest BCUT2D eigenvalue weighted by Gasteiger charge is -2.41. The van der Waals surface area contributed by atoms with Crippen molar-refractivity contribution in [3.05, 3.63) is 34.2 Å². The van der Waals surface area contributed by atoms with Gasteiger partial charge in [-0.15, -0.1) is 0 Å². The number of rotatable bonds is 3. The van der Waals surface area contributed by atoms with Crippen LogP contribution in [-0.2, 0) is 9.59 Å². The fourth-order valence-corrected chi connectivity index (χ4v) is 5.29. The summed E-state index contributed by atoms with van der Waals surface area (Å²) in [6.45, 7) is 8.15. The van der Waals surface area contributed by atoms with Gasteiger partial charge in [-0.25, -0.2) is 4.68 Å². The largest absolute Gasteiger partial charge is 0.369 e. The van der Waals surface area contributed by atoms with Crippen LogP contribution in [-0.4, -0.2) is 71.8 Å². The number of aromatic nitrogens is 2. The van der Waals surface area contributed by atoms with Gasteiger partial charge in [0.1, 0.15) is 0 Å². The summed E-state index contributed by atoms with van der Waals surface area (Å²) < 4.78 is 1.33. The minimum atomic E-state index is -0.533. The highest BCUT2D eigenvalue weighted by molar-refractivity contribution is 5.98. The zero-order valence-corrected chi connectivity index (χ0v) is 18.5. The van der Waals surface area contributed by atoms with E-state index in [9.17, 15) is 14.4 Å². The van der Waals surface area contributed by atoms with Crippen LogP contribution in [0.4, 0.5) is 5.69 Å². The van der Waals surface area contributed by atoms with Crippen LogP contribution in [0.15, 0.2) is 23.0 Å². The van der Waals surface area contributed by atoms with Crippen LogP contribution in [0.5, 0.6) is 0 Å². The van der Waals surface area contributed by atoms with E-state index in [1.54, 1.807) is 0 Å². The van der Waals surface area contributed by atoms with Gasteiger partial charge in [-0.1, -0.05) is 0 Å². The molecule has 0 unspecified atom stereocenters. The van der Waals surface area contributed by atoms with E-state index in [0.717, 1.165) is 56.0 Å². The number of carbonyl (C=O) groups excluding carboxylic acids is 2. The van der Waals surface area contributed by atoms with Crippen LogP contribution in [0.25, 0.3) is 10.8 Å². The number of piperazine rings is 1. The first-order valence-corrected chi connectivity index (χ1v) is 11.5. The molecule has 9 heteroatoms. The van der Waals surface area contributed by atoms with Crippen molar-refractivity contribution in [3.63, 3.8) is 0 Å². The summed E-state index contributed by atoms with van der Waals surface area (Å²) in [7, 11) is 0. The third-order valence-corrected chi connectivity index (χ3v) is 7.06. The summed E-state index contributed by atoms with van der Waals surface area (Å²) in [5, 5.41) is 11.6. The van der Waals surface area contributed by atoms with Gasteiger partial charge in [0.15, 0.2) is 0 Å². The molecule has 2 aromatic rings. The van der Waals surface area contributed by atoms with Crippen LogP contribution in [0, 0.1) is 6.92 Å². The van der Waals surface area contributed by atoms with Crippen molar-refractivity contribution >= 4 is 28.3 Å². The first-order valence-electron chi connectivity index (χ1n) is 11.5. The number of hydrogen-bond acceptors (Lipinski definition) is 7. The Morgan fingerprint density at radius 1 is 0.906 bits per heavy atom. The number of hydrogen-bond donors (Lipinski definition) is 2. The van der Waals surface area contributed by atoms with E-state index in [-0.39, 0.29) is 30.2 Å². The Morgan fingerprint density at radius 3 is 2.28 bits per heavy atom. The van der Waals surface area contributed by atoms with Crippen molar-refractivity contribution < 1.29 is 9.59 Å². The molecule has 0 saturated carbocycles. The molecule has 0 aliphatic carbocycles. The molecular weight excluding hydrogens is 408 g/mol. The molecule has 2 amide bonds. The second-order valence-corrected chi connectivity index (χ2v) is 9.10. The molecule has 1 aromatic heterocycles. The molecule has 32 heavy (non-hydrogen) atoms. The summed E-state index contributed by atoms with van der Waals surface area (Å²) in [6.07, 6.45) is 2.62. The van der Waals surface area contributed by atoms with E-state index in [1.807, 2.05) is 19.1 Å². The van der Waals surface area contributed by atoms with Crippen molar-refractivity contribution in [3.8, 4) is 0 Å². The molecule has 0 atom stereocenters. The van der Waals surface area contributed by atoms with E-state index in [2.05, 4.69) is 31.6 Å². The third-order valence-electron chi connectivity index (χ3n) is 7.06. The number of fused-ring (bicyclic) bond motifs is 1. The van der Waals surface area contributed by atoms with Crippen molar-refractivity contribution in [2.24, 2.45) is 0 Å². The van der Waals surface area contributed by atoms with Crippen molar-refractivity contribution in [1.82, 2.24) is 25.3 Å². The van der Waals surface area contributed by atoms with E-state index in [4.69, 9.17) is 0 Å². The number of nitrogens with one attached hydrogen (secondary N) is 2. The lowest BCUT2D eigenvalue weighted by atomic mass is 10.0. The smallest absolute Gasteiger partial charge is 0.274 e. The van der Waals surface area contributed by atoms with Gasteiger partial charge in [0.2, 0.25) is 11.8 Å². The Bertz CT molecular complexity index is 1080. The SMILES string of the molecule is Cc1nn(C2CC(=O)NC(=O)C2)c(=O)c2ccc(N3CCN(C4CCNCC4)CC3)cc12. The number of anilines is 1. The van der Waals surface area contributed by atoms with Crippen LogP contribution < -0.4 is 21.1 Å². The predicted octanol–water partition coefficient (Wildman–Crippen LogP) is 0.557. The summed E-state index contributed by atoms with van der Waals surface area (Å²) in [5.74, 6) is -0.728. The van der Waals surface area contributed by atoms with E-state index in [0.29, 0.717) is 11.4 Å². The number of carbonyl (C=O) groups is 2. The van der Waals surface area contributed by atoms with Crippen LogP contribution in [0.3, 0.4) is 0 Å². The molecule has 3 fully saturated rings. The molecular formula is C23H30N6O3. The van der Waals surface area contributed by atoms with E-state index >= 15 is 0 Å². The lowest BCUT2D eigenvalue weighted by molar-refractivity contribution is -0.134. The van der Waals surface area contributed by atoms with E-state index < -0.39 is 6.04 Å². The van der Waals surface area contributed by atoms with Gasteiger partial charge in [0.05, 0.1) is 30.0 Å². The molecule has 0 spiro atoms. The average Bonchev–Trinajstić information content (AvgIpc) is 2.81. The maximum atomic E-state index is 13.1. The molecule has 5 rings (SSSR count). The maximum absolute atomic E-state index is 13.1. The van der Waals surface area contributed by atoms with Gasteiger partial charge >= 0.3 is 0 Å². The van der Waals surface area contributed by atoms with Gasteiger partial charge in [-0.3, -0.25) is 24.6 Å². The minimum Gasteiger partial charge on any atom is -0.369 e. The standard InChI is InChI=1S/C23H30N6O3/c1-15-20-12-17(28-10-8-27(9-11-28)16-4-6-24-7-5-16)2-3-19(20)23(32)29(26-15)18-13-21(30)25-22(31)14-18/h2-3,12,16,18,24H,4-11,13-14H2,1H3,(H,25,30,31). The van der Waals surface area contributed by atoms with Gasteiger partial charge in [-0.2, -0.15) is 5.10 Å². The average molecular weight is 439 g/mol. The quantitative estimate of drug-likeness (QED) is 0.676. The summed E-state index contributed by atoms with van der Waals surface area (Å²) in [5.41, 5.74) is 1.59. The first-order chi connectivity index (χ1) is 15.5. The normalized spacial score (nSPS) is 21.8. The number of aryl methyl sites for hydroxylation is 1. The number of piperidine rings is 2. The maximum Gasteiger partial charge on any atom is 0.274 e. The van der Waals surface area contributed by atoms with Gasteiger partial charge in [0, 0.05) is 43.3 Å². The first kappa shape index (κ1) is 21.1. The highest BCUT2D eigenvalue weighted by Gasteiger charge is 2.29. The third kappa shape index (κ3) is 4.02. The van der Waals surface area contributed by atoms with Crippen molar-refractivity contribution in [2.45, 2.75) is 44.7 Å². The second kappa shape index (κ2) is 8.63. The van der Waals surface area contributed by atoms with Crippen LogP contribution in [0.1, 0.15) is 37.4 Å². The molecule has 170 valence electrons. The lowest BCUT2D eigenvalue weighted by Crippen LogP contribution is -2.52. The Labute approximate surface area is 186 Å². The molecule has 0 bridgehead atoms. The fourth-order valence-electron chi connectivity index (χ4n) is 5.29. The van der Waals surface area contributed by atoms with Crippen molar-refractivity contribution in [1.29, 1.82) is 0 Å². The topological polar surface area (TPSA) is 99.6 Å². The Kier molecular flexibility index (Phi) is 5.69. The zero-order valence-electron chi connectivity index (χ0n) is 18.5. The molecule has 4 heterocycles. The summed E-state index contributed by atoms with van der Waals surface area (Å²) >= 11 is 0. The highest BCUT2D eigenvalue weighted by atomic mass is 16.2. The molecule has 2 N–H and O–H groups in total. The van der Waals surface area contributed by atoms with Gasteiger partial charge in [0.25, 0.3) is 5.56 Å². The van der Waals surface area contributed by atoms with E-state index in [1.165, 1.54) is 17.5 Å². The minimum absolute atomic E-state index is 0.0863. The fraction of sp³-hybridized carbons (Fsp3) is 0.565. The number of benzene rings is 1. The highest BCUT2D eigenvalue weighted by Crippen LogP contribution is 2.26. The van der Waals surface area contributed by atoms with Crippen LogP contribution >= 0.6 is 0 Å². The number of amides is 2. The number of nitrogens with zero attached hydrogens (tertiary/aromatic N) is 4. The Hall–Kier alpha value is -2.78. The monoisotopic (exact) mass is 438 g/mol. The van der Waals surface area contributed by atoms with Crippen molar-refractivity contribution in [2.75, 3.05) is 44.2 Å². The zero-order chi connectivity index (χ0) is 22.2. The molecule has 9 nitrogen and oxygen atoms in total. The molecule has 1 aromatic carbocycles. The molecule has 3 aliphatic heterocycles. The summed E-state index contributed by atoms with van der Waals surface area (Å²) in [4.78, 5) is 41.7. The molecule has 3 aliphatic rings. The van der Waals surface area contributed by atoms with Gasteiger partial charge in [-0.05, 0) is 51.1 Å². The summed E-state index contributed by atoms with van der Waals surface area (Å²) in [6, 6.07) is 6.08. The molecule has 3 saturated heterocycles. The molecule has 0 radical (unpaired) electrons. The van der Waals surface area contributed by atoms with Crippen LogP contribution in [0.2, 0.25) is 0 Å². The Balaban J connectivity index is 1.37. The predicted molar refractivity (Wildman–Crippen MR) is 122 cm³/mol.